The van der Waals surface area contributed by atoms with Crippen molar-refractivity contribution >= 4 is 0 Å². The smallest absolute Gasteiger partial charge is 0.0252 e. The summed E-state index contributed by atoms with van der Waals surface area (Å²) in [6.07, 6.45) is 13.1. The molecule has 1 aliphatic heterocycles. The van der Waals surface area contributed by atoms with Crippen LogP contribution in [0.4, 0.5) is 0 Å². The van der Waals surface area contributed by atoms with Gasteiger partial charge in [-0.15, -0.1) is 0 Å². The average Bonchev–Trinajstić information content (AvgIpc) is 2.18. The van der Waals surface area contributed by atoms with Crippen molar-refractivity contribution in [1.29, 1.82) is 0 Å². The third-order valence-corrected chi connectivity index (χ3v) is 3.61. The van der Waals surface area contributed by atoms with Crippen LogP contribution >= 0.6 is 0 Å². The molecule has 0 amide bonds. The van der Waals surface area contributed by atoms with Crippen LogP contribution in [0.25, 0.3) is 0 Å². The van der Waals surface area contributed by atoms with E-state index in [1.807, 2.05) is 0 Å². The molecule has 0 bridgehead atoms. The van der Waals surface area contributed by atoms with E-state index in [2.05, 4.69) is 24.4 Å². The van der Waals surface area contributed by atoms with Gasteiger partial charge in [0.1, 0.15) is 0 Å². The molecule has 3 unspecified atom stereocenters. The fourth-order valence-electron chi connectivity index (χ4n) is 2.91. The minimum absolute atomic E-state index is 0.671. The molecule has 0 aromatic carbocycles. The Labute approximate surface area is 81.6 Å². The van der Waals surface area contributed by atoms with Crippen LogP contribution in [-0.2, 0) is 0 Å². The normalized spacial score (nSPS) is 40.5. The highest BCUT2D eigenvalue weighted by molar-refractivity contribution is 4.98. The first-order chi connectivity index (χ1) is 6.40. The summed E-state index contributed by atoms with van der Waals surface area (Å²) in [6.45, 7) is 2.12. The van der Waals surface area contributed by atoms with E-state index in [9.17, 15) is 0 Å². The predicted molar refractivity (Wildman–Crippen MR) is 56.7 cm³/mol. The standard InChI is InChI=1S/C12H21N/c1-2-5-11-9-8-10-6-3-4-7-12(10)13-11/h2,5,10-13H,3-4,6-9H2,1H3/b5-2+. The summed E-state index contributed by atoms with van der Waals surface area (Å²) in [5, 5.41) is 3.77. The molecule has 0 spiro atoms. The summed E-state index contributed by atoms with van der Waals surface area (Å²) in [5.41, 5.74) is 0. The van der Waals surface area contributed by atoms with Crippen LogP contribution in [0, 0.1) is 5.92 Å². The molecule has 2 rings (SSSR count). The molecule has 1 heterocycles. The van der Waals surface area contributed by atoms with Gasteiger partial charge in [-0.2, -0.15) is 0 Å². The van der Waals surface area contributed by atoms with Crippen LogP contribution in [0.3, 0.4) is 0 Å². The molecule has 3 atom stereocenters. The van der Waals surface area contributed by atoms with E-state index in [4.69, 9.17) is 0 Å². The zero-order valence-electron chi connectivity index (χ0n) is 8.63. The van der Waals surface area contributed by atoms with Crippen molar-refractivity contribution in [3.63, 3.8) is 0 Å². The molecule has 2 aliphatic rings. The molecular weight excluding hydrogens is 158 g/mol. The third kappa shape index (κ3) is 2.14. The van der Waals surface area contributed by atoms with Gasteiger partial charge < -0.3 is 5.32 Å². The molecule has 0 aromatic rings. The van der Waals surface area contributed by atoms with Crippen molar-refractivity contribution in [3.05, 3.63) is 12.2 Å². The number of hydrogen-bond donors (Lipinski definition) is 1. The molecule has 1 N–H and O–H groups in total. The van der Waals surface area contributed by atoms with Gasteiger partial charge in [0, 0.05) is 12.1 Å². The fourth-order valence-corrected chi connectivity index (χ4v) is 2.91. The van der Waals surface area contributed by atoms with Crippen LogP contribution in [0.2, 0.25) is 0 Å². The molecular formula is C12H21N. The van der Waals surface area contributed by atoms with Crippen LogP contribution in [0.1, 0.15) is 45.4 Å². The Morgan fingerprint density at radius 3 is 2.77 bits per heavy atom. The first kappa shape index (κ1) is 9.26. The molecule has 13 heavy (non-hydrogen) atoms. The minimum Gasteiger partial charge on any atom is -0.307 e. The highest BCUT2D eigenvalue weighted by atomic mass is 15.0. The summed E-state index contributed by atoms with van der Waals surface area (Å²) in [7, 11) is 0. The van der Waals surface area contributed by atoms with Gasteiger partial charge in [0.25, 0.3) is 0 Å². The highest BCUT2D eigenvalue weighted by Gasteiger charge is 2.30. The first-order valence-electron chi connectivity index (χ1n) is 5.79. The van der Waals surface area contributed by atoms with Gasteiger partial charge in [-0.05, 0) is 38.5 Å². The third-order valence-electron chi connectivity index (χ3n) is 3.61. The zero-order chi connectivity index (χ0) is 9.10. The topological polar surface area (TPSA) is 12.0 Å². The van der Waals surface area contributed by atoms with Crippen LogP contribution in [0.15, 0.2) is 12.2 Å². The summed E-state index contributed by atoms with van der Waals surface area (Å²) >= 11 is 0. The number of piperidine rings is 1. The monoisotopic (exact) mass is 179 g/mol. The Kier molecular flexibility index (Phi) is 3.05. The summed E-state index contributed by atoms with van der Waals surface area (Å²) in [5.74, 6) is 0.996. The largest absolute Gasteiger partial charge is 0.307 e. The van der Waals surface area contributed by atoms with Crippen molar-refractivity contribution in [1.82, 2.24) is 5.32 Å². The lowest BCUT2D eigenvalue weighted by atomic mass is 9.78. The molecule has 0 aromatic heterocycles. The Balaban J connectivity index is 1.91. The van der Waals surface area contributed by atoms with Crippen molar-refractivity contribution in [2.75, 3.05) is 0 Å². The van der Waals surface area contributed by atoms with E-state index in [0.717, 1.165) is 12.0 Å². The van der Waals surface area contributed by atoms with E-state index in [0.29, 0.717) is 6.04 Å². The van der Waals surface area contributed by atoms with Gasteiger partial charge in [0.05, 0.1) is 0 Å². The van der Waals surface area contributed by atoms with E-state index < -0.39 is 0 Å². The molecule has 0 radical (unpaired) electrons. The molecule has 1 heteroatoms. The number of hydrogen-bond acceptors (Lipinski definition) is 1. The number of rotatable bonds is 1. The Morgan fingerprint density at radius 2 is 1.92 bits per heavy atom. The SMILES string of the molecule is C/C=C/C1CCC2CCCCC2N1. The van der Waals surface area contributed by atoms with Crippen molar-refractivity contribution in [2.24, 2.45) is 5.92 Å². The van der Waals surface area contributed by atoms with E-state index in [-0.39, 0.29) is 0 Å². The summed E-state index contributed by atoms with van der Waals surface area (Å²) in [6, 6.07) is 1.51. The van der Waals surface area contributed by atoms with Crippen LogP contribution < -0.4 is 5.32 Å². The van der Waals surface area contributed by atoms with Gasteiger partial charge in [-0.1, -0.05) is 25.0 Å². The minimum atomic E-state index is 0.671. The summed E-state index contributed by atoms with van der Waals surface area (Å²) in [4.78, 5) is 0. The van der Waals surface area contributed by atoms with Gasteiger partial charge >= 0.3 is 0 Å². The molecule has 1 aliphatic carbocycles. The zero-order valence-corrected chi connectivity index (χ0v) is 8.63. The van der Waals surface area contributed by atoms with Crippen molar-refractivity contribution in [2.45, 2.75) is 57.5 Å². The lowest BCUT2D eigenvalue weighted by Crippen LogP contribution is -2.48. The maximum atomic E-state index is 3.77. The van der Waals surface area contributed by atoms with Gasteiger partial charge in [0.2, 0.25) is 0 Å². The predicted octanol–water partition coefficient (Wildman–Crippen LogP) is 2.87. The van der Waals surface area contributed by atoms with Crippen molar-refractivity contribution < 1.29 is 0 Å². The Bertz CT molecular complexity index is 186. The second-order valence-electron chi connectivity index (χ2n) is 4.53. The number of allylic oxidation sites excluding steroid dienone is 1. The van der Waals surface area contributed by atoms with E-state index in [1.54, 1.807) is 0 Å². The average molecular weight is 179 g/mol. The molecule has 1 nitrogen and oxygen atoms in total. The summed E-state index contributed by atoms with van der Waals surface area (Å²) < 4.78 is 0. The maximum Gasteiger partial charge on any atom is 0.0252 e. The second-order valence-corrected chi connectivity index (χ2v) is 4.53. The Hall–Kier alpha value is -0.300. The molecule has 74 valence electrons. The lowest BCUT2D eigenvalue weighted by molar-refractivity contribution is 0.191. The van der Waals surface area contributed by atoms with E-state index >= 15 is 0 Å². The number of nitrogens with one attached hydrogen (secondary N) is 1. The highest BCUT2D eigenvalue weighted by Crippen LogP contribution is 2.32. The quantitative estimate of drug-likeness (QED) is 0.610. The van der Waals surface area contributed by atoms with Gasteiger partial charge in [-0.25, -0.2) is 0 Å². The van der Waals surface area contributed by atoms with Gasteiger partial charge in [0.15, 0.2) is 0 Å². The Morgan fingerprint density at radius 1 is 1.08 bits per heavy atom. The molecule has 1 saturated carbocycles. The maximum absolute atomic E-state index is 3.77. The van der Waals surface area contributed by atoms with Crippen molar-refractivity contribution in [3.8, 4) is 0 Å². The molecule has 2 fully saturated rings. The van der Waals surface area contributed by atoms with Gasteiger partial charge in [-0.3, -0.25) is 0 Å². The second kappa shape index (κ2) is 4.28. The van der Waals surface area contributed by atoms with E-state index in [1.165, 1.54) is 38.5 Å². The lowest BCUT2D eigenvalue weighted by Gasteiger charge is -2.39. The molecule has 1 saturated heterocycles. The first-order valence-corrected chi connectivity index (χ1v) is 5.79. The van der Waals surface area contributed by atoms with Crippen LogP contribution in [-0.4, -0.2) is 12.1 Å². The fraction of sp³-hybridized carbons (Fsp3) is 0.833. The number of fused-ring (bicyclic) bond motifs is 1. The van der Waals surface area contributed by atoms with Crippen LogP contribution in [0.5, 0.6) is 0 Å².